The number of nitrogens with zero attached hydrogens (tertiary/aromatic N) is 4. The van der Waals surface area contributed by atoms with E-state index in [1.165, 1.54) is 32.1 Å². The number of carbonyl (C=O) groups is 1. The summed E-state index contributed by atoms with van der Waals surface area (Å²) in [5.41, 5.74) is 1.98. The zero-order valence-electron chi connectivity index (χ0n) is 15.7. The van der Waals surface area contributed by atoms with Crippen molar-refractivity contribution in [3.05, 3.63) is 23.9 Å². The molecule has 140 valence electrons. The van der Waals surface area contributed by atoms with Crippen molar-refractivity contribution in [1.82, 2.24) is 19.9 Å². The van der Waals surface area contributed by atoms with Crippen LogP contribution in [0.1, 0.15) is 50.6 Å². The quantitative estimate of drug-likeness (QED) is 0.916. The molecule has 6 heteroatoms. The molecule has 2 aliphatic rings. The summed E-state index contributed by atoms with van der Waals surface area (Å²) in [7, 11) is 0. The van der Waals surface area contributed by atoms with Crippen LogP contribution in [0, 0.1) is 18.8 Å². The van der Waals surface area contributed by atoms with Crippen molar-refractivity contribution in [2.24, 2.45) is 11.8 Å². The molecule has 1 saturated heterocycles. The van der Waals surface area contributed by atoms with Gasteiger partial charge in [-0.1, -0.05) is 25.3 Å². The van der Waals surface area contributed by atoms with Gasteiger partial charge in [0.15, 0.2) is 5.65 Å². The van der Waals surface area contributed by atoms with Crippen molar-refractivity contribution >= 4 is 17.5 Å². The lowest BCUT2D eigenvalue weighted by Crippen LogP contribution is -2.44. The maximum atomic E-state index is 12.7. The van der Waals surface area contributed by atoms with Crippen molar-refractivity contribution in [3.8, 4) is 0 Å². The van der Waals surface area contributed by atoms with Gasteiger partial charge in [-0.15, -0.1) is 10.2 Å². The predicted octanol–water partition coefficient (Wildman–Crippen LogP) is 2.95. The Labute approximate surface area is 155 Å². The topological polar surface area (TPSA) is 62.5 Å². The minimum absolute atomic E-state index is 0.0451. The summed E-state index contributed by atoms with van der Waals surface area (Å²) >= 11 is 0. The number of nitrogens with one attached hydrogen (secondary N) is 1. The Morgan fingerprint density at radius 3 is 2.85 bits per heavy atom. The van der Waals surface area contributed by atoms with Gasteiger partial charge in [0.25, 0.3) is 0 Å². The Balaban J connectivity index is 1.41. The lowest BCUT2D eigenvalue weighted by atomic mass is 9.89. The molecule has 26 heavy (non-hydrogen) atoms. The van der Waals surface area contributed by atoms with Gasteiger partial charge in [-0.3, -0.25) is 9.20 Å². The highest BCUT2D eigenvalue weighted by Gasteiger charge is 2.28. The smallest absolute Gasteiger partial charge is 0.231 e. The van der Waals surface area contributed by atoms with E-state index in [2.05, 4.69) is 37.8 Å². The van der Waals surface area contributed by atoms with E-state index in [1.807, 2.05) is 12.1 Å². The molecule has 1 N–H and O–H groups in total. The third-order valence-electron chi connectivity index (χ3n) is 5.97. The Hall–Kier alpha value is -2.11. The number of fused-ring (bicyclic) bond motifs is 1. The van der Waals surface area contributed by atoms with Gasteiger partial charge >= 0.3 is 0 Å². The van der Waals surface area contributed by atoms with Gasteiger partial charge in [-0.05, 0) is 50.7 Å². The summed E-state index contributed by atoms with van der Waals surface area (Å²) in [6, 6.07) is 6.04. The van der Waals surface area contributed by atoms with E-state index in [1.54, 1.807) is 0 Å². The molecule has 0 aromatic carbocycles. The zero-order chi connectivity index (χ0) is 17.9. The SMILES string of the molecule is Cc1cccc2nnc(N3CCC[C@@H](C(=O)NCC4CCCCC4)C3)n12. The van der Waals surface area contributed by atoms with Gasteiger partial charge in [0.05, 0.1) is 5.92 Å². The van der Waals surface area contributed by atoms with Crippen molar-refractivity contribution in [1.29, 1.82) is 0 Å². The standard InChI is InChI=1S/C20H29N5O/c1-15-7-5-11-18-22-23-20(25(15)18)24-12-6-10-17(14-24)19(26)21-13-16-8-3-2-4-9-16/h5,7,11,16-17H,2-4,6,8-10,12-14H2,1H3,(H,21,26)/t17-/m1/s1. The van der Waals surface area contributed by atoms with Crippen LogP contribution < -0.4 is 10.2 Å². The highest BCUT2D eigenvalue weighted by atomic mass is 16.1. The lowest BCUT2D eigenvalue weighted by molar-refractivity contribution is -0.125. The highest BCUT2D eigenvalue weighted by Crippen LogP contribution is 2.25. The highest BCUT2D eigenvalue weighted by molar-refractivity contribution is 5.79. The Kier molecular flexibility index (Phi) is 5.09. The molecule has 6 nitrogen and oxygen atoms in total. The summed E-state index contributed by atoms with van der Waals surface area (Å²) in [4.78, 5) is 14.9. The Bertz CT molecular complexity index is 765. The molecular formula is C20H29N5O. The van der Waals surface area contributed by atoms with E-state index >= 15 is 0 Å². The number of pyridine rings is 1. The second kappa shape index (κ2) is 7.64. The van der Waals surface area contributed by atoms with Crippen LogP contribution >= 0.6 is 0 Å². The van der Waals surface area contributed by atoms with Gasteiger partial charge < -0.3 is 10.2 Å². The second-order valence-corrected chi connectivity index (χ2v) is 7.90. The van der Waals surface area contributed by atoms with Crippen LogP contribution in [-0.4, -0.2) is 40.1 Å². The normalized spacial score (nSPS) is 21.9. The van der Waals surface area contributed by atoms with Crippen LogP contribution in [0.25, 0.3) is 5.65 Å². The molecule has 2 aromatic rings. The molecule has 1 amide bonds. The first-order valence-electron chi connectivity index (χ1n) is 10.1. The molecule has 0 spiro atoms. The van der Waals surface area contributed by atoms with E-state index in [0.717, 1.165) is 49.8 Å². The predicted molar refractivity (Wildman–Crippen MR) is 102 cm³/mol. The number of hydrogen-bond donors (Lipinski definition) is 1. The van der Waals surface area contributed by atoms with Gasteiger partial charge in [0.1, 0.15) is 0 Å². The van der Waals surface area contributed by atoms with E-state index in [4.69, 9.17) is 0 Å². The summed E-state index contributed by atoms with van der Waals surface area (Å²) in [6.07, 6.45) is 8.50. The third kappa shape index (κ3) is 3.55. The van der Waals surface area contributed by atoms with Crippen LogP contribution in [0.5, 0.6) is 0 Å². The van der Waals surface area contributed by atoms with Crippen LogP contribution in [0.2, 0.25) is 0 Å². The number of piperidine rings is 1. The Morgan fingerprint density at radius 2 is 2.00 bits per heavy atom. The van der Waals surface area contributed by atoms with Crippen molar-refractivity contribution in [2.45, 2.75) is 51.9 Å². The molecule has 0 radical (unpaired) electrons. The summed E-state index contributed by atoms with van der Waals surface area (Å²) in [6.45, 7) is 4.58. The first-order valence-corrected chi connectivity index (χ1v) is 10.1. The summed E-state index contributed by atoms with van der Waals surface area (Å²) in [5, 5.41) is 11.9. The number of rotatable bonds is 4. The molecule has 1 atom stereocenters. The van der Waals surface area contributed by atoms with Gasteiger partial charge in [-0.2, -0.15) is 0 Å². The third-order valence-corrected chi connectivity index (χ3v) is 5.97. The molecule has 2 aromatic heterocycles. The molecular weight excluding hydrogens is 326 g/mol. The summed E-state index contributed by atoms with van der Waals surface area (Å²) in [5.74, 6) is 1.80. The molecule has 1 aliphatic carbocycles. The number of anilines is 1. The van der Waals surface area contributed by atoms with Crippen molar-refractivity contribution in [2.75, 3.05) is 24.5 Å². The maximum absolute atomic E-state index is 12.7. The largest absolute Gasteiger partial charge is 0.356 e. The molecule has 0 unspecified atom stereocenters. The van der Waals surface area contributed by atoms with Gasteiger partial charge in [0, 0.05) is 25.3 Å². The minimum Gasteiger partial charge on any atom is -0.356 e. The maximum Gasteiger partial charge on any atom is 0.231 e. The van der Waals surface area contributed by atoms with E-state index in [-0.39, 0.29) is 11.8 Å². The first-order chi connectivity index (χ1) is 12.7. The molecule has 1 aliphatic heterocycles. The van der Waals surface area contributed by atoms with Gasteiger partial charge in [-0.25, -0.2) is 0 Å². The fourth-order valence-electron chi connectivity index (χ4n) is 4.44. The minimum atomic E-state index is 0.0451. The summed E-state index contributed by atoms with van der Waals surface area (Å²) < 4.78 is 2.09. The number of hydrogen-bond acceptors (Lipinski definition) is 4. The Morgan fingerprint density at radius 1 is 1.15 bits per heavy atom. The monoisotopic (exact) mass is 355 g/mol. The number of carbonyl (C=O) groups excluding carboxylic acids is 1. The zero-order valence-corrected chi connectivity index (χ0v) is 15.7. The number of aromatic nitrogens is 3. The lowest BCUT2D eigenvalue weighted by Gasteiger charge is -2.32. The van der Waals surface area contributed by atoms with Gasteiger partial charge in [0.2, 0.25) is 11.9 Å². The van der Waals surface area contributed by atoms with Crippen LogP contribution in [-0.2, 0) is 4.79 Å². The molecule has 0 bridgehead atoms. The molecule has 2 fully saturated rings. The average Bonchev–Trinajstić information content (AvgIpc) is 3.13. The fraction of sp³-hybridized carbons (Fsp3) is 0.650. The van der Waals surface area contributed by atoms with E-state index < -0.39 is 0 Å². The fourth-order valence-corrected chi connectivity index (χ4v) is 4.44. The van der Waals surface area contributed by atoms with Crippen LogP contribution in [0.3, 0.4) is 0 Å². The van der Waals surface area contributed by atoms with Crippen molar-refractivity contribution < 1.29 is 4.79 Å². The van der Waals surface area contributed by atoms with E-state index in [9.17, 15) is 4.79 Å². The number of aryl methyl sites for hydroxylation is 1. The second-order valence-electron chi connectivity index (χ2n) is 7.90. The van der Waals surface area contributed by atoms with Crippen LogP contribution in [0.4, 0.5) is 5.95 Å². The average molecular weight is 355 g/mol. The van der Waals surface area contributed by atoms with Crippen molar-refractivity contribution in [3.63, 3.8) is 0 Å². The molecule has 1 saturated carbocycles. The van der Waals surface area contributed by atoms with Crippen LogP contribution in [0.15, 0.2) is 18.2 Å². The van der Waals surface area contributed by atoms with E-state index in [0.29, 0.717) is 5.92 Å². The first kappa shape index (κ1) is 17.3. The molecule has 4 rings (SSSR count). The number of amides is 1. The molecule has 3 heterocycles.